The van der Waals surface area contributed by atoms with E-state index in [1.54, 1.807) is 49.9 Å². The molecular formula is C28H34N2O6. The second-order valence-electron chi connectivity index (χ2n) is 9.67. The molecular weight excluding hydrogens is 460 g/mol. The van der Waals surface area contributed by atoms with Gasteiger partial charge in [0.1, 0.15) is 23.5 Å². The molecule has 2 atom stereocenters. The standard InChI is InChI=1S/C28H34N2O6/c1-6-10-23(24(31)34-5)28(29-26(33)36-27(2,3)4)17-18-30(25(28)32)21-13-15-22(16-14-21)35-19-20-11-8-7-9-12-20/h6-9,11-16,23H,1,10,17-19H2,2-5H3,(H,29,33). The lowest BCUT2D eigenvalue weighted by atomic mass is 9.80. The van der Waals surface area contributed by atoms with Gasteiger partial charge in [0.2, 0.25) is 0 Å². The fourth-order valence-electron chi connectivity index (χ4n) is 4.27. The number of hydrogen-bond acceptors (Lipinski definition) is 6. The van der Waals surface area contributed by atoms with Crippen LogP contribution in [0.1, 0.15) is 39.2 Å². The molecule has 192 valence electrons. The van der Waals surface area contributed by atoms with Gasteiger partial charge >= 0.3 is 12.1 Å². The lowest BCUT2D eigenvalue weighted by Crippen LogP contribution is -2.61. The number of methoxy groups -OCH3 is 1. The number of rotatable bonds is 9. The Kier molecular flexibility index (Phi) is 8.40. The number of carbonyl (C=O) groups excluding carboxylic acids is 3. The minimum Gasteiger partial charge on any atom is -0.489 e. The monoisotopic (exact) mass is 494 g/mol. The van der Waals surface area contributed by atoms with Gasteiger partial charge in [-0.2, -0.15) is 0 Å². The zero-order valence-electron chi connectivity index (χ0n) is 21.3. The van der Waals surface area contributed by atoms with Gasteiger partial charge in [0.25, 0.3) is 5.91 Å². The van der Waals surface area contributed by atoms with Crippen molar-refractivity contribution in [3.63, 3.8) is 0 Å². The van der Waals surface area contributed by atoms with E-state index in [1.165, 1.54) is 13.2 Å². The first-order valence-electron chi connectivity index (χ1n) is 11.9. The number of benzene rings is 2. The van der Waals surface area contributed by atoms with Crippen LogP contribution in [0.3, 0.4) is 0 Å². The Morgan fingerprint density at radius 3 is 2.39 bits per heavy atom. The predicted octanol–water partition coefficient (Wildman–Crippen LogP) is 4.63. The number of alkyl carbamates (subject to hydrolysis) is 1. The Hall–Kier alpha value is -3.81. The van der Waals surface area contributed by atoms with Crippen molar-refractivity contribution < 1.29 is 28.6 Å². The maximum absolute atomic E-state index is 13.8. The van der Waals surface area contributed by atoms with Gasteiger partial charge in [-0.3, -0.25) is 9.59 Å². The van der Waals surface area contributed by atoms with Crippen LogP contribution < -0.4 is 15.0 Å². The van der Waals surface area contributed by atoms with Crippen molar-refractivity contribution in [2.45, 2.75) is 51.4 Å². The third-order valence-corrected chi connectivity index (χ3v) is 5.96. The lowest BCUT2D eigenvalue weighted by molar-refractivity contribution is -0.151. The fraction of sp³-hybridized carbons (Fsp3) is 0.393. The number of esters is 1. The minimum absolute atomic E-state index is 0.147. The van der Waals surface area contributed by atoms with Crippen molar-refractivity contribution in [2.75, 3.05) is 18.6 Å². The molecule has 1 saturated heterocycles. The van der Waals surface area contributed by atoms with Crippen molar-refractivity contribution in [1.82, 2.24) is 5.32 Å². The number of amides is 2. The molecule has 2 aromatic rings. The summed E-state index contributed by atoms with van der Waals surface area (Å²) in [7, 11) is 1.25. The summed E-state index contributed by atoms with van der Waals surface area (Å²) in [6.07, 6.45) is 1.11. The molecule has 3 rings (SSSR count). The molecule has 0 radical (unpaired) electrons. The molecule has 1 aliphatic heterocycles. The van der Waals surface area contributed by atoms with Crippen LogP contribution in [0.2, 0.25) is 0 Å². The molecule has 2 aromatic carbocycles. The van der Waals surface area contributed by atoms with E-state index < -0.39 is 35.0 Å². The van der Waals surface area contributed by atoms with Gasteiger partial charge in [-0.05, 0) is 63.4 Å². The van der Waals surface area contributed by atoms with Crippen LogP contribution >= 0.6 is 0 Å². The molecule has 1 fully saturated rings. The van der Waals surface area contributed by atoms with Gasteiger partial charge < -0.3 is 24.4 Å². The Balaban J connectivity index is 1.83. The van der Waals surface area contributed by atoms with Gasteiger partial charge in [0.05, 0.1) is 13.0 Å². The Bertz CT molecular complexity index is 1080. The summed E-state index contributed by atoms with van der Waals surface area (Å²) < 4.78 is 16.3. The van der Waals surface area contributed by atoms with Crippen LogP contribution in [0, 0.1) is 5.92 Å². The van der Waals surface area contributed by atoms with Crippen LogP contribution in [-0.4, -0.2) is 42.8 Å². The highest BCUT2D eigenvalue weighted by Crippen LogP contribution is 2.37. The minimum atomic E-state index is -1.54. The number of allylic oxidation sites excluding steroid dienone is 1. The number of anilines is 1. The molecule has 2 unspecified atom stereocenters. The molecule has 0 bridgehead atoms. The van der Waals surface area contributed by atoms with E-state index in [2.05, 4.69) is 11.9 Å². The van der Waals surface area contributed by atoms with Crippen LogP contribution in [0.15, 0.2) is 67.3 Å². The highest BCUT2D eigenvalue weighted by atomic mass is 16.6. The Morgan fingerprint density at radius 2 is 1.81 bits per heavy atom. The Morgan fingerprint density at radius 1 is 1.14 bits per heavy atom. The van der Waals surface area contributed by atoms with Gasteiger partial charge in [0.15, 0.2) is 0 Å². The van der Waals surface area contributed by atoms with Gasteiger partial charge in [0, 0.05) is 12.2 Å². The average molecular weight is 495 g/mol. The molecule has 8 nitrogen and oxygen atoms in total. The van der Waals surface area contributed by atoms with E-state index in [0.29, 0.717) is 24.6 Å². The summed E-state index contributed by atoms with van der Waals surface area (Å²) in [6, 6.07) is 16.9. The summed E-state index contributed by atoms with van der Waals surface area (Å²) in [4.78, 5) is 40.9. The van der Waals surface area contributed by atoms with E-state index in [9.17, 15) is 14.4 Å². The van der Waals surface area contributed by atoms with E-state index >= 15 is 0 Å². The molecule has 0 aliphatic carbocycles. The maximum Gasteiger partial charge on any atom is 0.408 e. The normalized spacial score (nSPS) is 18.3. The van der Waals surface area contributed by atoms with Crippen molar-refractivity contribution >= 4 is 23.7 Å². The van der Waals surface area contributed by atoms with Crippen molar-refractivity contribution in [1.29, 1.82) is 0 Å². The molecule has 8 heteroatoms. The van der Waals surface area contributed by atoms with Crippen LogP contribution in [0.4, 0.5) is 10.5 Å². The molecule has 1 aliphatic rings. The van der Waals surface area contributed by atoms with Crippen LogP contribution in [0.25, 0.3) is 0 Å². The first-order valence-corrected chi connectivity index (χ1v) is 11.9. The maximum atomic E-state index is 13.8. The van der Waals surface area contributed by atoms with Crippen molar-refractivity contribution in [2.24, 2.45) is 5.92 Å². The molecule has 0 aromatic heterocycles. The fourth-order valence-corrected chi connectivity index (χ4v) is 4.27. The van der Waals surface area contributed by atoms with Gasteiger partial charge in [-0.15, -0.1) is 6.58 Å². The number of carbonyl (C=O) groups is 3. The third kappa shape index (κ3) is 6.24. The van der Waals surface area contributed by atoms with Crippen molar-refractivity contribution in [3.05, 3.63) is 72.8 Å². The second kappa shape index (κ2) is 11.3. The van der Waals surface area contributed by atoms with E-state index in [-0.39, 0.29) is 12.8 Å². The number of ether oxygens (including phenoxy) is 3. The SMILES string of the molecule is C=CCC(C(=O)OC)C1(NC(=O)OC(C)(C)C)CCN(c2ccc(OCc3ccccc3)cc2)C1=O. The van der Waals surface area contributed by atoms with E-state index in [0.717, 1.165) is 5.56 Å². The Labute approximate surface area is 212 Å². The molecule has 0 saturated carbocycles. The zero-order valence-corrected chi connectivity index (χ0v) is 21.3. The molecule has 1 heterocycles. The summed E-state index contributed by atoms with van der Waals surface area (Å²) in [5.41, 5.74) is -0.638. The molecule has 2 amide bonds. The van der Waals surface area contributed by atoms with E-state index in [4.69, 9.17) is 14.2 Å². The predicted molar refractivity (Wildman–Crippen MR) is 137 cm³/mol. The first kappa shape index (κ1) is 26.8. The summed E-state index contributed by atoms with van der Waals surface area (Å²) in [5, 5.41) is 2.72. The first-order chi connectivity index (χ1) is 17.1. The van der Waals surface area contributed by atoms with E-state index in [1.807, 2.05) is 30.3 Å². The molecule has 0 spiro atoms. The van der Waals surface area contributed by atoms with Crippen LogP contribution in [-0.2, 0) is 25.7 Å². The number of hydrogen-bond donors (Lipinski definition) is 1. The quantitative estimate of drug-likeness (QED) is 0.404. The molecule has 36 heavy (non-hydrogen) atoms. The average Bonchev–Trinajstić information content (AvgIpc) is 3.16. The summed E-state index contributed by atoms with van der Waals surface area (Å²) in [5.74, 6) is -1.32. The summed E-state index contributed by atoms with van der Waals surface area (Å²) in [6.45, 7) is 9.62. The van der Waals surface area contributed by atoms with Crippen LogP contribution in [0.5, 0.6) is 5.75 Å². The summed E-state index contributed by atoms with van der Waals surface area (Å²) >= 11 is 0. The number of nitrogens with one attached hydrogen (secondary N) is 1. The second-order valence-corrected chi connectivity index (χ2v) is 9.67. The third-order valence-electron chi connectivity index (χ3n) is 5.96. The zero-order chi connectivity index (χ0) is 26.3. The largest absolute Gasteiger partial charge is 0.489 e. The van der Waals surface area contributed by atoms with Crippen molar-refractivity contribution in [3.8, 4) is 5.75 Å². The molecule has 1 N–H and O–H groups in total. The number of nitrogens with zero attached hydrogens (tertiary/aromatic N) is 1. The topological polar surface area (TPSA) is 94.2 Å². The lowest BCUT2D eigenvalue weighted by Gasteiger charge is -2.35. The smallest absolute Gasteiger partial charge is 0.408 e. The van der Waals surface area contributed by atoms with Gasteiger partial charge in [-0.1, -0.05) is 36.4 Å². The highest BCUT2D eigenvalue weighted by molar-refractivity contribution is 6.06. The van der Waals surface area contributed by atoms with Gasteiger partial charge in [-0.25, -0.2) is 4.79 Å². The highest BCUT2D eigenvalue weighted by Gasteiger charge is 2.56.